The van der Waals surface area contributed by atoms with Crippen molar-refractivity contribution in [3.8, 4) is 0 Å². The summed E-state index contributed by atoms with van der Waals surface area (Å²) in [6.45, 7) is 1.34. The van der Waals surface area contributed by atoms with Crippen LogP contribution >= 0.6 is 11.6 Å². The third-order valence-corrected chi connectivity index (χ3v) is 3.22. The fraction of sp³-hybridized carbons (Fsp3) is 0.286. The van der Waals surface area contributed by atoms with Crippen LogP contribution in [0.3, 0.4) is 0 Å². The van der Waals surface area contributed by atoms with Crippen LogP contribution in [-0.2, 0) is 19.1 Å². The molecule has 0 saturated heterocycles. The van der Waals surface area contributed by atoms with E-state index in [9.17, 15) is 18.8 Å². The molecule has 1 aromatic rings. The summed E-state index contributed by atoms with van der Waals surface area (Å²) in [7, 11) is 0. The fourth-order valence-corrected chi connectivity index (χ4v) is 1.89. The molecule has 7 nitrogen and oxygen atoms in total. The molecule has 0 radical (unpaired) electrons. The summed E-state index contributed by atoms with van der Waals surface area (Å²) in [5.41, 5.74) is 2.09. The van der Waals surface area contributed by atoms with Crippen LogP contribution < -0.4 is 10.7 Å². The van der Waals surface area contributed by atoms with Gasteiger partial charge in [0.2, 0.25) is 5.91 Å². The number of hydrogen-bond acceptors (Lipinski definition) is 5. The molecule has 0 saturated carbocycles. The van der Waals surface area contributed by atoms with Crippen molar-refractivity contribution in [2.45, 2.75) is 25.9 Å². The number of amides is 2. The number of ether oxygens (including phenoxy) is 1. The van der Waals surface area contributed by atoms with Crippen molar-refractivity contribution in [2.24, 2.45) is 5.10 Å². The number of rotatable bonds is 4. The minimum atomic E-state index is -1.17. The number of nitrogens with one attached hydrogen (secondary N) is 2. The zero-order valence-corrected chi connectivity index (χ0v) is 12.8. The summed E-state index contributed by atoms with van der Waals surface area (Å²) in [5.74, 6) is -2.53. The lowest BCUT2D eigenvalue weighted by Crippen LogP contribution is -2.35. The summed E-state index contributed by atoms with van der Waals surface area (Å²) in [4.78, 5) is 34.7. The SMILES string of the molecule is C[C@H](OC(=O)C1=NNC(=O)CC1)C(=O)Nc1ccc(Cl)cc1F. The topological polar surface area (TPSA) is 96.9 Å². The third-order valence-electron chi connectivity index (χ3n) is 2.98. The van der Waals surface area contributed by atoms with E-state index in [2.05, 4.69) is 15.8 Å². The summed E-state index contributed by atoms with van der Waals surface area (Å²) in [6, 6.07) is 3.76. The van der Waals surface area contributed by atoms with E-state index < -0.39 is 23.8 Å². The number of nitrogens with zero attached hydrogens (tertiary/aromatic N) is 1. The van der Waals surface area contributed by atoms with Gasteiger partial charge >= 0.3 is 5.97 Å². The Labute approximate surface area is 135 Å². The first-order valence-electron chi connectivity index (χ1n) is 6.69. The van der Waals surface area contributed by atoms with Crippen LogP contribution in [0.1, 0.15) is 19.8 Å². The van der Waals surface area contributed by atoms with Crippen LogP contribution in [0.4, 0.5) is 10.1 Å². The second-order valence-corrected chi connectivity index (χ2v) is 5.19. The Morgan fingerprint density at radius 1 is 1.43 bits per heavy atom. The first-order chi connectivity index (χ1) is 10.9. The molecule has 2 rings (SSSR count). The van der Waals surface area contributed by atoms with E-state index in [4.69, 9.17) is 16.3 Å². The first-order valence-corrected chi connectivity index (χ1v) is 7.07. The predicted molar refractivity (Wildman–Crippen MR) is 80.4 cm³/mol. The molecule has 1 aromatic carbocycles. The Morgan fingerprint density at radius 3 is 2.78 bits per heavy atom. The van der Waals surface area contributed by atoms with Gasteiger partial charge in [0.1, 0.15) is 11.5 Å². The minimum Gasteiger partial charge on any atom is -0.448 e. The third kappa shape index (κ3) is 4.49. The van der Waals surface area contributed by atoms with Gasteiger partial charge in [-0.1, -0.05) is 11.6 Å². The molecule has 1 heterocycles. The van der Waals surface area contributed by atoms with E-state index in [0.717, 1.165) is 6.07 Å². The highest BCUT2D eigenvalue weighted by molar-refractivity contribution is 6.37. The highest BCUT2D eigenvalue weighted by Gasteiger charge is 2.24. The molecule has 9 heteroatoms. The van der Waals surface area contributed by atoms with Crippen molar-refractivity contribution in [1.82, 2.24) is 5.43 Å². The highest BCUT2D eigenvalue weighted by atomic mass is 35.5. The van der Waals surface area contributed by atoms with Gasteiger partial charge in [-0.3, -0.25) is 9.59 Å². The molecule has 0 aromatic heterocycles. The van der Waals surface area contributed by atoms with Crippen molar-refractivity contribution in [3.05, 3.63) is 29.0 Å². The number of hydrogen-bond donors (Lipinski definition) is 2. The minimum absolute atomic E-state index is 0.0157. The number of carbonyl (C=O) groups excluding carboxylic acids is 3. The van der Waals surface area contributed by atoms with Crippen molar-refractivity contribution in [3.63, 3.8) is 0 Å². The van der Waals surface area contributed by atoms with E-state index >= 15 is 0 Å². The largest absolute Gasteiger partial charge is 0.448 e. The quantitative estimate of drug-likeness (QED) is 0.813. The number of hydrazone groups is 1. The number of esters is 1. The standard InChI is InChI=1S/C14H13ClFN3O4/c1-7(23-14(22)11-4-5-12(20)19-18-11)13(21)17-10-3-2-8(15)6-9(10)16/h2-3,6-7H,4-5H2,1H3,(H,17,21)(H,19,20)/t7-/m0/s1. The Hall–Kier alpha value is -2.48. The van der Waals surface area contributed by atoms with Gasteiger partial charge in [0.25, 0.3) is 5.91 Å². The van der Waals surface area contributed by atoms with E-state index in [0.29, 0.717) is 0 Å². The Kier molecular flexibility index (Phi) is 5.28. The fourth-order valence-electron chi connectivity index (χ4n) is 1.73. The van der Waals surface area contributed by atoms with Gasteiger partial charge < -0.3 is 10.1 Å². The van der Waals surface area contributed by atoms with Crippen molar-refractivity contribution in [2.75, 3.05) is 5.32 Å². The number of halogens is 2. The lowest BCUT2D eigenvalue weighted by molar-refractivity contribution is -0.146. The molecule has 1 aliphatic heterocycles. The molecule has 1 atom stereocenters. The van der Waals surface area contributed by atoms with E-state index in [1.165, 1.54) is 19.1 Å². The van der Waals surface area contributed by atoms with Gasteiger partial charge in [-0.15, -0.1) is 0 Å². The molecule has 122 valence electrons. The molecule has 1 aliphatic rings. The van der Waals surface area contributed by atoms with Gasteiger partial charge in [0, 0.05) is 17.9 Å². The maximum atomic E-state index is 13.6. The number of anilines is 1. The Balaban J connectivity index is 1.94. The van der Waals surface area contributed by atoms with Crippen LogP contribution in [0.2, 0.25) is 5.02 Å². The van der Waals surface area contributed by atoms with Crippen LogP contribution in [0, 0.1) is 5.82 Å². The second kappa shape index (κ2) is 7.19. The maximum absolute atomic E-state index is 13.6. The van der Waals surface area contributed by atoms with Crippen LogP contribution in [0.5, 0.6) is 0 Å². The molecule has 2 amide bonds. The van der Waals surface area contributed by atoms with Gasteiger partial charge in [0.15, 0.2) is 6.10 Å². The van der Waals surface area contributed by atoms with Crippen molar-refractivity contribution in [1.29, 1.82) is 0 Å². The molecule has 0 bridgehead atoms. The molecule has 0 aliphatic carbocycles. The predicted octanol–water partition coefficient (Wildman–Crippen LogP) is 1.62. The second-order valence-electron chi connectivity index (χ2n) is 4.75. The van der Waals surface area contributed by atoms with Crippen LogP contribution in [0.15, 0.2) is 23.3 Å². The zero-order chi connectivity index (χ0) is 17.0. The molecule has 2 N–H and O–H groups in total. The molecule has 0 spiro atoms. The molecule has 0 fully saturated rings. The smallest absolute Gasteiger partial charge is 0.355 e. The van der Waals surface area contributed by atoms with Gasteiger partial charge in [-0.25, -0.2) is 14.6 Å². The Morgan fingerprint density at radius 2 is 2.17 bits per heavy atom. The Bertz CT molecular complexity index is 693. The maximum Gasteiger partial charge on any atom is 0.355 e. The lowest BCUT2D eigenvalue weighted by Gasteiger charge is -2.16. The summed E-state index contributed by atoms with van der Waals surface area (Å²) in [6.07, 6.45) is -0.923. The van der Waals surface area contributed by atoms with Crippen LogP contribution in [0.25, 0.3) is 0 Å². The number of benzene rings is 1. The van der Waals surface area contributed by atoms with E-state index in [1.807, 2.05) is 0 Å². The zero-order valence-electron chi connectivity index (χ0n) is 12.1. The summed E-state index contributed by atoms with van der Waals surface area (Å²) >= 11 is 5.62. The van der Waals surface area contributed by atoms with E-state index in [-0.39, 0.29) is 35.2 Å². The number of carbonyl (C=O) groups is 3. The molecule has 23 heavy (non-hydrogen) atoms. The lowest BCUT2D eigenvalue weighted by atomic mass is 10.2. The summed E-state index contributed by atoms with van der Waals surface area (Å²) in [5, 5.41) is 6.05. The van der Waals surface area contributed by atoms with Crippen molar-refractivity contribution >= 4 is 40.8 Å². The average molecular weight is 342 g/mol. The molecular weight excluding hydrogens is 329 g/mol. The highest BCUT2D eigenvalue weighted by Crippen LogP contribution is 2.19. The van der Waals surface area contributed by atoms with Gasteiger partial charge in [-0.2, -0.15) is 5.10 Å². The monoisotopic (exact) mass is 341 g/mol. The van der Waals surface area contributed by atoms with Crippen LogP contribution in [-0.4, -0.2) is 29.6 Å². The normalized spacial score (nSPS) is 15.3. The average Bonchev–Trinajstić information content (AvgIpc) is 2.50. The van der Waals surface area contributed by atoms with Gasteiger partial charge in [-0.05, 0) is 25.1 Å². The van der Waals surface area contributed by atoms with E-state index in [1.54, 1.807) is 0 Å². The molecule has 0 unspecified atom stereocenters. The molecular formula is C14H13ClFN3O4. The van der Waals surface area contributed by atoms with Crippen molar-refractivity contribution < 1.29 is 23.5 Å². The van der Waals surface area contributed by atoms with Gasteiger partial charge in [0.05, 0.1) is 5.69 Å². The first kappa shape index (κ1) is 16.9. The summed E-state index contributed by atoms with van der Waals surface area (Å²) < 4.78 is 18.5.